The van der Waals surface area contributed by atoms with Gasteiger partial charge < -0.3 is 14.9 Å². The van der Waals surface area contributed by atoms with E-state index in [4.69, 9.17) is 5.11 Å². The third-order valence-electron chi connectivity index (χ3n) is 4.37. The Hall–Kier alpha value is -1.20. The van der Waals surface area contributed by atoms with E-state index in [0.29, 0.717) is 0 Å². The third-order valence-corrected chi connectivity index (χ3v) is 4.37. The quantitative estimate of drug-likeness (QED) is 0.845. The summed E-state index contributed by atoms with van der Waals surface area (Å²) in [6, 6.07) is 1.86. The average Bonchev–Trinajstić information content (AvgIpc) is 2.40. The number of hydrogen-bond donors (Lipinski definition) is 1. The van der Waals surface area contributed by atoms with E-state index in [1.54, 1.807) is 0 Å². The summed E-state index contributed by atoms with van der Waals surface area (Å²) in [6.45, 7) is 4.29. The van der Waals surface area contributed by atoms with Gasteiger partial charge in [-0.3, -0.25) is 0 Å². The second kappa shape index (κ2) is 4.82. The normalized spacial score (nSPS) is 23.1. The Bertz CT molecular complexity index is 389. The highest BCUT2D eigenvalue weighted by Gasteiger charge is 2.47. The van der Waals surface area contributed by atoms with Gasteiger partial charge in [-0.25, -0.2) is 9.97 Å². The Morgan fingerprint density at radius 1 is 1.11 bits per heavy atom. The second-order valence-electron chi connectivity index (χ2n) is 5.24. The largest absolute Gasteiger partial charge is 0.395 e. The van der Waals surface area contributed by atoms with Gasteiger partial charge in [0.1, 0.15) is 0 Å². The van der Waals surface area contributed by atoms with E-state index in [2.05, 4.69) is 19.8 Å². The number of nitrogens with zero attached hydrogens (tertiary/aromatic N) is 4. The van der Waals surface area contributed by atoms with Gasteiger partial charge in [-0.2, -0.15) is 0 Å². The summed E-state index contributed by atoms with van der Waals surface area (Å²) in [5, 5.41) is 8.98. The van der Waals surface area contributed by atoms with Crippen LogP contribution in [0.3, 0.4) is 0 Å². The van der Waals surface area contributed by atoms with Crippen LogP contribution in [0.25, 0.3) is 0 Å². The van der Waals surface area contributed by atoms with Crippen LogP contribution in [0, 0.1) is 0 Å². The molecule has 18 heavy (non-hydrogen) atoms. The van der Waals surface area contributed by atoms with Crippen molar-refractivity contribution in [3.8, 4) is 0 Å². The van der Waals surface area contributed by atoms with Gasteiger partial charge in [0.25, 0.3) is 0 Å². The van der Waals surface area contributed by atoms with E-state index in [0.717, 1.165) is 45.0 Å². The Morgan fingerprint density at radius 3 is 2.33 bits per heavy atom. The zero-order valence-electron chi connectivity index (χ0n) is 10.6. The van der Waals surface area contributed by atoms with E-state index >= 15 is 0 Å². The summed E-state index contributed by atoms with van der Waals surface area (Å²) in [5.41, 5.74) is 0.285. The fourth-order valence-corrected chi connectivity index (χ4v) is 3.14. The van der Waals surface area contributed by atoms with E-state index in [9.17, 15) is 0 Å². The van der Waals surface area contributed by atoms with Crippen LogP contribution in [0.5, 0.6) is 0 Å². The molecule has 98 valence electrons. The van der Waals surface area contributed by atoms with Crippen LogP contribution >= 0.6 is 0 Å². The van der Waals surface area contributed by atoms with Crippen molar-refractivity contribution in [2.45, 2.75) is 24.8 Å². The van der Waals surface area contributed by atoms with E-state index in [1.807, 2.05) is 18.5 Å². The summed E-state index contributed by atoms with van der Waals surface area (Å²) < 4.78 is 0. The molecular weight excluding hydrogens is 228 g/mol. The van der Waals surface area contributed by atoms with Crippen LogP contribution in [0.4, 0.5) is 5.95 Å². The summed E-state index contributed by atoms with van der Waals surface area (Å²) in [7, 11) is 0. The lowest BCUT2D eigenvalue weighted by atomic mass is 9.76. The molecule has 0 saturated carbocycles. The molecule has 0 bridgehead atoms. The predicted molar refractivity (Wildman–Crippen MR) is 69.5 cm³/mol. The highest BCUT2D eigenvalue weighted by atomic mass is 16.3. The Morgan fingerprint density at radius 2 is 1.78 bits per heavy atom. The first kappa shape index (κ1) is 11.9. The molecule has 0 aromatic carbocycles. The molecule has 1 spiro atoms. The van der Waals surface area contributed by atoms with Gasteiger partial charge in [-0.1, -0.05) is 0 Å². The summed E-state index contributed by atoms with van der Waals surface area (Å²) in [5.74, 6) is 0.874. The second-order valence-corrected chi connectivity index (χ2v) is 5.24. The minimum Gasteiger partial charge on any atom is -0.395 e. The third kappa shape index (κ3) is 1.97. The van der Waals surface area contributed by atoms with Gasteiger partial charge in [0, 0.05) is 44.1 Å². The molecule has 2 saturated heterocycles. The smallest absolute Gasteiger partial charge is 0.225 e. The molecule has 0 amide bonds. The molecule has 1 aromatic rings. The highest BCUT2D eigenvalue weighted by Crippen LogP contribution is 2.41. The van der Waals surface area contributed by atoms with E-state index < -0.39 is 0 Å². The van der Waals surface area contributed by atoms with Crippen LogP contribution in [-0.4, -0.2) is 58.3 Å². The molecule has 5 heteroatoms. The Balaban J connectivity index is 1.67. The first-order valence-corrected chi connectivity index (χ1v) is 6.72. The monoisotopic (exact) mass is 248 g/mol. The minimum absolute atomic E-state index is 0.262. The SMILES string of the molecule is OCCN1CCC2(CC1)CCN2c1ncccn1. The van der Waals surface area contributed by atoms with Crippen LogP contribution in [0.2, 0.25) is 0 Å². The van der Waals surface area contributed by atoms with E-state index in [-0.39, 0.29) is 12.1 Å². The lowest BCUT2D eigenvalue weighted by Crippen LogP contribution is -2.65. The Labute approximate surface area is 107 Å². The van der Waals surface area contributed by atoms with Gasteiger partial charge in [0.15, 0.2) is 0 Å². The maximum atomic E-state index is 8.98. The van der Waals surface area contributed by atoms with Crippen molar-refractivity contribution in [1.29, 1.82) is 0 Å². The van der Waals surface area contributed by atoms with Gasteiger partial charge in [0.2, 0.25) is 5.95 Å². The van der Waals surface area contributed by atoms with Gasteiger partial charge >= 0.3 is 0 Å². The molecule has 3 heterocycles. The molecule has 2 aliphatic rings. The highest BCUT2D eigenvalue weighted by molar-refractivity contribution is 5.40. The van der Waals surface area contributed by atoms with Crippen molar-refractivity contribution in [2.75, 3.05) is 37.7 Å². The van der Waals surface area contributed by atoms with Crippen LogP contribution in [0.1, 0.15) is 19.3 Å². The van der Waals surface area contributed by atoms with Crippen molar-refractivity contribution in [1.82, 2.24) is 14.9 Å². The maximum absolute atomic E-state index is 8.98. The van der Waals surface area contributed by atoms with Crippen LogP contribution < -0.4 is 4.90 Å². The van der Waals surface area contributed by atoms with Gasteiger partial charge in [0.05, 0.1) is 6.61 Å². The van der Waals surface area contributed by atoms with Gasteiger partial charge in [-0.15, -0.1) is 0 Å². The summed E-state index contributed by atoms with van der Waals surface area (Å²) >= 11 is 0. The first-order valence-electron chi connectivity index (χ1n) is 6.72. The minimum atomic E-state index is 0.262. The molecule has 0 atom stereocenters. The first-order chi connectivity index (χ1) is 8.84. The number of aliphatic hydroxyl groups is 1. The van der Waals surface area contributed by atoms with Crippen molar-refractivity contribution < 1.29 is 5.11 Å². The van der Waals surface area contributed by atoms with E-state index in [1.165, 1.54) is 6.42 Å². The summed E-state index contributed by atoms with van der Waals surface area (Å²) in [6.07, 6.45) is 7.19. The van der Waals surface area contributed by atoms with Crippen molar-refractivity contribution in [3.05, 3.63) is 18.5 Å². The number of likely N-dealkylation sites (tertiary alicyclic amines) is 1. The number of anilines is 1. The molecular formula is C13H20N4O. The molecule has 2 fully saturated rings. The van der Waals surface area contributed by atoms with Crippen molar-refractivity contribution in [2.24, 2.45) is 0 Å². The maximum Gasteiger partial charge on any atom is 0.225 e. The fraction of sp³-hybridized carbons (Fsp3) is 0.692. The lowest BCUT2D eigenvalue weighted by molar-refractivity contribution is 0.0992. The van der Waals surface area contributed by atoms with Crippen LogP contribution in [0.15, 0.2) is 18.5 Å². The number of rotatable bonds is 3. The molecule has 0 aliphatic carbocycles. The van der Waals surface area contributed by atoms with Crippen LogP contribution in [-0.2, 0) is 0 Å². The number of piperidine rings is 1. The molecule has 2 aliphatic heterocycles. The van der Waals surface area contributed by atoms with Gasteiger partial charge in [-0.05, 0) is 25.3 Å². The zero-order chi connectivity index (χ0) is 12.4. The lowest BCUT2D eigenvalue weighted by Gasteiger charge is -2.56. The molecule has 0 unspecified atom stereocenters. The molecule has 3 rings (SSSR count). The number of β-amino-alcohol motifs (C(OH)–C–C–N with tert-alkyl or cyclic N) is 1. The molecule has 1 aromatic heterocycles. The standard InChI is InChI=1S/C13H20N4O/c18-11-10-16-7-2-13(3-8-16)4-9-17(13)12-14-5-1-6-15-12/h1,5-6,18H,2-4,7-11H2. The molecule has 0 radical (unpaired) electrons. The topological polar surface area (TPSA) is 52.5 Å². The molecule has 5 nitrogen and oxygen atoms in total. The number of hydrogen-bond acceptors (Lipinski definition) is 5. The van der Waals surface area contributed by atoms with Crippen molar-refractivity contribution in [3.63, 3.8) is 0 Å². The zero-order valence-corrected chi connectivity index (χ0v) is 10.6. The Kier molecular flexibility index (Phi) is 3.18. The van der Waals surface area contributed by atoms with Crippen molar-refractivity contribution >= 4 is 5.95 Å². The number of aliphatic hydroxyl groups excluding tert-OH is 1. The number of aromatic nitrogens is 2. The predicted octanol–water partition coefficient (Wildman–Crippen LogP) is 0.514. The average molecular weight is 248 g/mol. The fourth-order valence-electron chi connectivity index (χ4n) is 3.14. The summed E-state index contributed by atoms with van der Waals surface area (Å²) in [4.78, 5) is 13.4. The molecule has 1 N–H and O–H groups in total.